The molecular weight excluding hydrogens is 360 g/mol. The fraction of sp³-hybridized carbons (Fsp3) is 0.444. The first-order valence-corrected chi connectivity index (χ1v) is 8.90. The number of carbonyl (C=O) groups is 4. The van der Waals surface area contributed by atoms with Gasteiger partial charge in [-0.3, -0.25) is 24.1 Å². The molecule has 2 aliphatic rings. The van der Waals surface area contributed by atoms with Crippen LogP contribution in [-0.4, -0.2) is 41.7 Å². The van der Waals surface area contributed by atoms with Crippen LogP contribution in [0.5, 0.6) is 0 Å². The molecule has 138 valence electrons. The van der Waals surface area contributed by atoms with Crippen molar-refractivity contribution in [3.8, 4) is 0 Å². The molecule has 26 heavy (non-hydrogen) atoms. The van der Waals surface area contributed by atoms with E-state index in [1.165, 1.54) is 0 Å². The van der Waals surface area contributed by atoms with Crippen molar-refractivity contribution in [3.05, 3.63) is 29.3 Å². The van der Waals surface area contributed by atoms with E-state index < -0.39 is 25.0 Å². The van der Waals surface area contributed by atoms with Gasteiger partial charge >= 0.3 is 5.97 Å². The second-order valence-corrected chi connectivity index (χ2v) is 6.86. The predicted molar refractivity (Wildman–Crippen MR) is 93.2 cm³/mol. The summed E-state index contributed by atoms with van der Waals surface area (Å²) in [5, 5.41) is 2.89. The Morgan fingerprint density at radius 2 is 1.73 bits per heavy atom. The summed E-state index contributed by atoms with van der Waals surface area (Å²) in [5.74, 6) is -2.59. The third-order valence-electron chi connectivity index (χ3n) is 4.73. The SMILES string of the molecule is O=C(COC(=O)CN1C(=O)[C@@H]2CCCC[C@H]2C1=O)Nc1ccccc1Cl. The van der Waals surface area contributed by atoms with E-state index in [9.17, 15) is 19.2 Å². The zero-order chi connectivity index (χ0) is 18.7. The van der Waals surface area contributed by atoms with Gasteiger partial charge in [-0.1, -0.05) is 36.6 Å². The summed E-state index contributed by atoms with van der Waals surface area (Å²) in [6, 6.07) is 6.66. The molecule has 8 heteroatoms. The lowest BCUT2D eigenvalue weighted by Crippen LogP contribution is -2.37. The van der Waals surface area contributed by atoms with Crippen molar-refractivity contribution in [2.75, 3.05) is 18.5 Å². The molecule has 3 amide bonds. The van der Waals surface area contributed by atoms with Crippen LogP contribution in [-0.2, 0) is 23.9 Å². The number of carbonyl (C=O) groups excluding carboxylic acids is 4. The Morgan fingerprint density at radius 1 is 1.12 bits per heavy atom. The number of ether oxygens (including phenoxy) is 1. The number of amides is 3. The summed E-state index contributed by atoms with van der Waals surface area (Å²) in [6.07, 6.45) is 3.20. The minimum absolute atomic E-state index is 0.308. The summed E-state index contributed by atoms with van der Waals surface area (Å²) >= 11 is 5.93. The summed E-state index contributed by atoms with van der Waals surface area (Å²) in [5.41, 5.74) is 0.407. The maximum Gasteiger partial charge on any atom is 0.326 e. The number of benzene rings is 1. The first-order valence-electron chi connectivity index (χ1n) is 8.52. The molecule has 0 aromatic heterocycles. The van der Waals surface area contributed by atoms with Gasteiger partial charge in [0.25, 0.3) is 5.91 Å². The number of likely N-dealkylation sites (tertiary alicyclic amines) is 1. The summed E-state index contributed by atoms with van der Waals surface area (Å²) in [6.45, 7) is -0.975. The number of hydrogen-bond donors (Lipinski definition) is 1. The van der Waals surface area contributed by atoms with Crippen molar-refractivity contribution >= 4 is 41.0 Å². The van der Waals surface area contributed by atoms with Crippen molar-refractivity contribution in [3.63, 3.8) is 0 Å². The molecule has 1 aromatic carbocycles. The highest BCUT2D eigenvalue weighted by molar-refractivity contribution is 6.33. The van der Waals surface area contributed by atoms with Crippen molar-refractivity contribution in [2.45, 2.75) is 25.7 Å². The van der Waals surface area contributed by atoms with Crippen LogP contribution in [0.2, 0.25) is 5.02 Å². The zero-order valence-corrected chi connectivity index (χ0v) is 14.8. The molecule has 0 spiro atoms. The van der Waals surface area contributed by atoms with Crippen LogP contribution in [0.1, 0.15) is 25.7 Å². The average molecular weight is 379 g/mol. The van der Waals surface area contributed by atoms with E-state index in [0.717, 1.165) is 17.7 Å². The number of halogens is 1. The smallest absolute Gasteiger partial charge is 0.326 e. The summed E-state index contributed by atoms with van der Waals surface area (Å²) in [7, 11) is 0. The van der Waals surface area contributed by atoms with Crippen molar-refractivity contribution in [1.82, 2.24) is 4.90 Å². The molecule has 0 unspecified atom stereocenters. The van der Waals surface area contributed by atoms with Crippen LogP contribution in [0, 0.1) is 11.8 Å². The molecule has 1 heterocycles. The maximum absolute atomic E-state index is 12.3. The highest BCUT2D eigenvalue weighted by atomic mass is 35.5. The van der Waals surface area contributed by atoms with Gasteiger partial charge in [0, 0.05) is 0 Å². The lowest BCUT2D eigenvalue weighted by molar-refractivity contribution is -0.154. The quantitative estimate of drug-likeness (QED) is 0.624. The van der Waals surface area contributed by atoms with Gasteiger partial charge in [-0.05, 0) is 25.0 Å². The molecule has 1 saturated carbocycles. The van der Waals surface area contributed by atoms with Crippen LogP contribution in [0.15, 0.2) is 24.3 Å². The fourth-order valence-electron chi connectivity index (χ4n) is 3.46. The summed E-state index contributed by atoms with van der Waals surface area (Å²) in [4.78, 5) is 49.4. The van der Waals surface area contributed by atoms with Crippen LogP contribution in [0.4, 0.5) is 5.69 Å². The number of nitrogens with one attached hydrogen (secondary N) is 1. The fourth-order valence-corrected chi connectivity index (χ4v) is 3.64. The highest BCUT2D eigenvalue weighted by Crippen LogP contribution is 2.37. The van der Waals surface area contributed by atoms with Crippen molar-refractivity contribution in [2.24, 2.45) is 11.8 Å². The Kier molecular flexibility index (Phi) is 5.56. The van der Waals surface area contributed by atoms with Gasteiger partial charge in [-0.2, -0.15) is 0 Å². The van der Waals surface area contributed by atoms with Crippen LogP contribution in [0.3, 0.4) is 0 Å². The molecular formula is C18H19ClN2O5. The zero-order valence-electron chi connectivity index (χ0n) is 14.1. The number of imide groups is 1. The molecule has 2 fully saturated rings. The van der Waals surface area contributed by atoms with Crippen molar-refractivity contribution in [1.29, 1.82) is 0 Å². The van der Waals surface area contributed by atoms with Crippen molar-refractivity contribution < 1.29 is 23.9 Å². The normalized spacial score (nSPS) is 22.1. The maximum atomic E-state index is 12.3. The molecule has 1 saturated heterocycles. The van der Waals surface area contributed by atoms with Gasteiger partial charge in [0.15, 0.2) is 6.61 Å². The Hall–Kier alpha value is -2.41. The van der Waals surface area contributed by atoms with E-state index in [1.54, 1.807) is 24.3 Å². The van der Waals surface area contributed by atoms with Gasteiger partial charge in [-0.15, -0.1) is 0 Å². The minimum Gasteiger partial charge on any atom is -0.454 e. The number of nitrogens with zero attached hydrogens (tertiary/aromatic N) is 1. The molecule has 3 rings (SSSR count). The number of fused-ring (bicyclic) bond motifs is 1. The second-order valence-electron chi connectivity index (χ2n) is 6.45. The highest BCUT2D eigenvalue weighted by Gasteiger charge is 2.48. The molecule has 1 aromatic rings. The Labute approximate surface area is 155 Å². The molecule has 0 radical (unpaired) electrons. The first kappa shape index (κ1) is 18.4. The second kappa shape index (κ2) is 7.86. The van der Waals surface area contributed by atoms with Crippen LogP contribution >= 0.6 is 11.6 Å². The monoisotopic (exact) mass is 378 g/mol. The average Bonchev–Trinajstić information content (AvgIpc) is 2.87. The molecule has 0 bridgehead atoms. The van der Waals surface area contributed by atoms with E-state index in [2.05, 4.69) is 5.32 Å². The molecule has 1 aliphatic carbocycles. The van der Waals surface area contributed by atoms with E-state index in [0.29, 0.717) is 23.6 Å². The largest absolute Gasteiger partial charge is 0.454 e. The van der Waals surface area contributed by atoms with Gasteiger partial charge in [0.1, 0.15) is 6.54 Å². The number of anilines is 1. The number of esters is 1. The number of rotatable bonds is 5. The number of para-hydroxylation sites is 1. The third-order valence-corrected chi connectivity index (χ3v) is 5.06. The molecule has 1 N–H and O–H groups in total. The lowest BCUT2D eigenvalue weighted by Gasteiger charge is -2.19. The van der Waals surface area contributed by atoms with Gasteiger partial charge in [0.05, 0.1) is 22.5 Å². The van der Waals surface area contributed by atoms with E-state index >= 15 is 0 Å². The molecule has 1 aliphatic heterocycles. The van der Waals surface area contributed by atoms with E-state index in [1.807, 2.05) is 0 Å². The van der Waals surface area contributed by atoms with Crippen LogP contribution in [0.25, 0.3) is 0 Å². The summed E-state index contributed by atoms with van der Waals surface area (Å²) < 4.78 is 4.89. The lowest BCUT2D eigenvalue weighted by atomic mass is 9.81. The Morgan fingerprint density at radius 3 is 2.35 bits per heavy atom. The predicted octanol–water partition coefficient (Wildman–Crippen LogP) is 2.00. The van der Waals surface area contributed by atoms with Gasteiger partial charge < -0.3 is 10.1 Å². The third kappa shape index (κ3) is 3.88. The van der Waals surface area contributed by atoms with E-state index in [-0.39, 0.29) is 23.7 Å². The Bertz CT molecular complexity index is 727. The standard InChI is InChI=1S/C18H19ClN2O5/c19-13-7-3-4-8-14(13)20-15(22)10-26-16(23)9-21-17(24)11-5-1-2-6-12(11)18(21)25/h3-4,7-8,11-12H,1-2,5-6,9-10H2,(H,20,22)/t11-,12-/m1/s1. The van der Waals surface area contributed by atoms with Gasteiger partial charge in [0.2, 0.25) is 11.8 Å². The minimum atomic E-state index is -0.792. The van der Waals surface area contributed by atoms with E-state index in [4.69, 9.17) is 16.3 Å². The van der Waals surface area contributed by atoms with Gasteiger partial charge in [-0.25, -0.2) is 0 Å². The van der Waals surface area contributed by atoms with Crippen LogP contribution < -0.4 is 5.32 Å². The molecule has 7 nitrogen and oxygen atoms in total. The number of hydrogen-bond acceptors (Lipinski definition) is 5. The Balaban J connectivity index is 1.50. The first-order chi connectivity index (χ1) is 12.5. The topological polar surface area (TPSA) is 92.8 Å². The molecule has 2 atom stereocenters.